The molecular formula is C29H40N4O3. The third-order valence-electron chi connectivity index (χ3n) is 9.46. The Labute approximate surface area is 213 Å². The van der Waals surface area contributed by atoms with E-state index in [9.17, 15) is 14.7 Å². The van der Waals surface area contributed by atoms with Gasteiger partial charge < -0.3 is 14.2 Å². The van der Waals surface area contributed by atoms with Gasteiger partial charge in [-0.25, -0.2) is 0 Å². The van der Waals surface area contributed by atoms with E-state index in [-0.39, 0.29) is 16.7 Å². The van der Waals surface area contributed by atoms with Crippen LogP contribution < -0.4 is 11.0 Å². The molecule has 0 amide bonds. The number of hydrogen-bond donors (Lipinski definition) is 1. The van der Waals surface area contributed by atoms with Gasteiger partial charge >= 0.3 is 0 Å². The van der Waals surface area contributed by atoms with Gasteiger partial charge in [0, 0.05) is 81.8 Å². The molecule has 4 bridgehead atoms. The fraction of sp³-hybridized carbons (Fsp3) is 0.655. The van der Waals surface area contributed by atoms with E-state index in [1.165, 1.54) is 12.8 Å². The number of hydrogen-bond acceptors (Lipinski definition) is 5. The van der Waals surface area contributed by atoms with E-state index >= 15 is 0 Å². The summed E-state index contributed by atoms with van der Waals surface area (Å²) in [4.78, 5) is 30.2. The van der Waals surface area contributed by atoms with E-state index in [1.54, 1.807) is 12.1 Å². The van der Waals surface area contributed by atoms with Gasteiger partial charge in [0.25, 0.3) is 5.56 Å². The first-order valence-electron chi connectivity index (χ1n) is 13.6. The quantitative estimate of drug-likeness (QED) is 0.710. The van der Waals surface area contributed by atoms with Gasteiger partial charge in [0.2, 0.25) is 5.43 Å². The Bertz CT molecular complexity index is 1310. The molecule has 2 saturated heterocycles. The van der Waals surface area contributed by atoms with E-state index in [4.69, 9.17) is 0 Å². The standard InChI is InChI=1S/C29H40N4O3/c1-28(2)10-22-11-29(3,17-28)18-32(22)16-24-27(36)25(34)9-21(30(24)4)15-31-12-19-8-20(14-31)23-6-5-7-26(35)33(23)13-19/h5-7,9,19-20,22,36H,8,10-18H2,1-4H3/t19-,20+,22?,29?/m1/s1. The number of pyridine rings is 2. The normalized spacial score (nSPS) is 31.4. The van der Waals surface area contributed by atoms with Crippen LogP contribution in [0.25, 0.3) is 0 Å². The largest absolute Gasteiger partial charge is 0.503 e. The maximum atomic E-state index is 12.9. The molecule has 3 aliphatic heterocycles. The summed E-state index contributed by atoms with van der Waals surface area (Å²) in [6.07, 6.45) is 4.71. The fourth-order valence-corrected chi connectivity index (χ4v) is 8.43. The molecule has 0 aromatic carbocycles. The molecule has 4 atom stereocenters. The van der Waals surface area contributed by atoms with Crippen LogP contribution in [0.15, 0.2) is 33.9 Å². The maximum absolute atomic E-state index is 12.9. The van der Waals surface area contributed by atoms with E-state index < -0.39 is 0 Å². The van der Waals surface area contributed by atoms with Crippen LogP contribution in [0, 0.1) is 16.7 Å². The minimum Gasteiger partial charge on any atom is -0.503 e. The first-order chi connectivity index (χ1) is 17.0. The van der Waals surface area contributed by atoms with Crippen LogP contribution in [-0.4, -0.2) is 49.7 Å². The van der Waals surface area contributed by atoms with Gasteiger partial charge in [-0.2, -0.15) is 0 Å². The van der Waals surface area contributed by atoms with Crippen LogP contribution in [0.3, 0.4) is 0 Å². The van der Waals surface area contributed by atoms with E-state index in [0.717, 1.165) is 56.1 Å². The highest BCUT2D eigenvalue weighted by Gasteiger charge is 2.49. The summed E-state index contributed by atoms with van der Waals surface area (Å²) in [5, 5.41) is 10.8. The van der Waals surface area contributed by atoms with Gasteiger partial charge in [0.15, 0.2) is 5.75 Å². The maximum Gasteiger partial charge on any atom is 0.250 e. The summed E-state index contributed by atoms with van der Waals surface area (Å²) in [6.45, 7) is 12.0. The number of rotatable bonds is 4. The van der Waals surface area contributed by atoms with Crippen molar-refractivity contribution in [2.24, 2.45) is 23.8 Å². The Morgan fingerprint density at radius 2 is 1.86 bits per heavy atom. The number of aromatic nitrogens is 2. The first-order valence-corrected chi connectivity index (χ1v) is 13.6. The van der Waals surface area contributed by atoms with Crippen LogP contribution >= 0.6 is 0 Å². The SMILES string of the molecule is Cn1c(CN2C[C@H]3C[C@@H](C2)c2cccc(=O)n2C3)cc(=O)c(O)c1CN1CC2(C)CC1CC(C)(C)C2. The van der Waals surface area contributed by atoms with Crippen molar-refractivity contribution in [2.75, 3.05) is 19.6 Å². The Morgan fingerprint density at radius 1 is 1.06 bits per heavy atom. The summed E-state index contributed by atoms with van der Waals surface area (Å²) in [7, 11) is 2.00. The van der Waals surface area contributed by atoms with Crippen molar-refractivity contribution in [3.8, 4) is 5.75 Å². The van der Waals surface area contributed by atoms with Crippen molar-refractivity contribution >= 4 is 0 Å². The second-order valence-electron chi connectivity index (χ2n) is 13.4. The lowest BCUT2D eigenvalue weighted by atomic mass is 9.65. The van der Waals surface area contributed by atoms with Crippen molar-refractivity contribution in [1.82, 2.24) is 18.9 Å². The van der Waals surface area contributed by atoms with Crippen molar-refractivity contribution in [2.45, 2.75) is 78.0 Å². The minimum absolute atomic E-state index is 0.101. The zero-order valence-corrected chi connectivity index (χ0v) is 22.2. The van der Waals surface area contributed by atoms with Gasteiger partial charge in [0.05, 0.1) is 5.69 Å². The number of aromatic hydroxyl groups is 1. The van der Waals surface area contributed by atoms with Gasteiger partial charge in [-0.3, -0.25) is 19.4 Å². The van der Waals surface area contributed by atoms with E-state index in [2.05, 4.69) is 41.2 Å². The summed E-state index contributed by atoms with van der Waals surface area (Å²) in [5.74, 6) is 0.682. The van der Waals surface area contributed by atoms with Crippen molar-refractivity contribution in [3.63, 3.8) is 0 Å². The molecule has 1 N–H and O–H groups in total. The average Bonchev–Trinajstić information content (AvgIpc) is 3.03. The van der Waals surface area contributed by atoms with Crippen LogP contribution in [0.1, 0.15) is 69.5 Å². The highest BCUT2D eigenvalue weighted by Crippen LogP contribution is 2.52. The highest BCUT2D eigenvalue weighted by atomic mass is 16.3. The molecule has 1 saturated carbocycles. The average molecular weight is 493 g/mol. The van der Waals surface area contributed by atoms with Crippen LogP contribution in [0.5, 0.6) is 5.75 Å². The molecule has 7 nitrogen and oxygen atoms in total. The molecule has 1 aliphatic carbocycles. The molecule has 36 heavy (non-hydrogen) atoms. The summed E-state index contributed by atoms with van der Waals surface area (Å²) >= 11 is 0. The minimum atomic E-state index is -0.277. The molecule has 2 unspecified atom stereocenters. The topological polar surface area (TPSA) is 70.7 Å². The predicted octanol–water partition coefficient (Wildman–Crippen LogP) is 3.27. The fourth-order valence-electron chi connectivity index (χ4n) is 8.43. The zero-order chi connectivity index (χ0) is 25.4. The van der Waals surface area contributed by atoms with Crippen LogP contribution in [0.2, 0.25) is 0 Å². The highest BCUT2D eigenvalue weighted by molar-refractivity contribution is 5.30. The molecule has 6 rings (SSSR count). The Hall–Kier alpha value is -2.38. The molecule has 4 aliphatic rings. The summed E-state index contributed by atoms with van der Waals surface area (Å²) in [6, 6.07) is 7.74. The second kappa shape index (κ2) is 8.32. The Morgan fingerprint density at radius 3 is 2.67 bits per heavy atom. The third kappa shape index (κ3) is 4.14. The van der Waals surface area contributed by atoms with Gasteiger partial charge in [0.1, 0.15) is 0 Å². The molecule has 194 valence electrons. The zero-order valence-electron chi connectivity index (χ0n) is 22.2. The Kier molecular flexibility index (Phi) is 5.54. The van der Waals surface area contributed by atoms with Crippen LogP contribution in [0.4, 0.5) is 0 Å². The molecule has 2 aromatic rings. The molecule has 5 heterocycles. The van der Waals surface area contributed by atoms with Crippen molar-refractivity contribution < 1.29 is 5.11 Å². The van der Waals surface area contributed by atoms with E-state index in [1.807, 2.05) is 17.7 Å². The van der Waals surface area contributed by atoms with Crippen molar-refractivity contribution in [1.29, 1.82) is 0 Å². The molecule has 0 radical (unpaired) electrons. The number of likely N-dealkylation sites (tertiary alicyclic amines) is 2. The predicted molar refractivity (Wildman–Crippen MR) is 140 cm³/mol. The third-order valence-corrected chi connectivity index (χ3v) is 9.46. The molecule has 0 spiro atoms. The molecule has 2 aromatic heterocycles. The van der Waals surface area contributed by atoms with E-state index in [0.29, 0.717) is 41.8 Å². The number of fused-ring (bicyclic) bond motifs is 6. The van der Waals surface area contributed by atoms with Crippen molar-refractivity contribution in [3.05, 3.63) is 61.9 Å². The summed E-state index contributed by atoms with van der Waals surface area (Å²) in [5.41, 5.74) is 3.29. The first kappa shape index (κ1) is 24.0. The van der Waals surface area contributed by atoms with Gasteiger partial charge in [-0.15, -0.1) is 0 Å². The van der Waals surface area contributed by atoms with Crippen LogP contribution in [-0.2, 0) is 26.7 Å². The molecular weight excluding hydrogens is 452 g/mol. The molecule has 7 heteroatoms. The summed E-state index contributed by atoms with van der Waals surface area (Å²) < 4.78 is 4.02. The van der Waals surface area contributed by atoms with Gasteiger partial charge in [-0.1, -0.05) is 26.8 Å². The molecule has 3 fully saturated rings. The smallest absolute Gasteiger partial charge is 0.250 e. The number of piperidine rings is 1. The monoisotopic (exact) mass is 492 g/mol. The Balaban J connectivity index is 1.24. The van der Waals surface area contributed by atoms with Gasteiger partial charge in [-0.05, 0) is 48.5 Å². The lowest BCUT2D eigenvalue weighted by Crippen LogP contribution is -2.47. The lowest BCUT2D eigenvalue weighted by molar-refractivity contribution is 0.111. The second-order valence-corrected chi connectivity index (χ2v) is 13.4. The lowest BCUT2D eigenvalue weighted by Gasteiger charge is -2.43. The number of nitrogens with zero attached hydrogens (tertiary/aromatic N) is 4.